The molecule has 2 aromatic heterocycles. The zero-order valence-electron chi connectivity index (χ0n) is 22.0. The zero-order valence-corrected chi connectivity index (χ0v) is 22.0. The van der Waals surface area contributed by atoms with Gasteiger partial charge in [-0.15, -0.1) is 0 Å². The van der Waals surface area contributed by atoms with E-state index in [0.717, 1.165) is 48.4 Å². The summed E-state index contributed by atoms with van der Waals surface area (Å²) >= 11 is 0. The first-order chi connectivity index (χ1) is 16.6. The summed E-state index contributed by atoms with van der Waals surface area (Å²) < 4.78 is 1.85. The van der Waals surface area contributed by atoms with E-state index in [-0.39, 0.29) is 11.3 Å². The van der Waals surface area contributed by atoms with Crippen LogP contribution in [0.4, 0.5) is 0 Å². The lowest BCUT2D eigenvalue weighted by atomic mass is 9.44. The number of Topliss-reactive ketones (excluding diaryl/α,β-unsaturated/α-hetero) is 1. The number of ketones is 1. The molecule has 4 aliphatic carbocycles. The van der Waals surface area contributed by atoms with Crippen molar-refractivity contribution >= 4 is 16.7 Å². The van der Waals surface area contributed by atoms with E-state index in [0.29, 0.717) is 35.5 Å². The fourth-order valence-corrected chi connectivity index (χ4v) is 9.90. The monoisotopic (exact) mass is 477 g/mol. The van der Waals surface area contributed by atoms with Gasteiger partial charge in [-0.2, -0.15) is 5.10 Å². The first-order valence-corrected chi connectivity index (χ1v) is 14.2. The van der Waals surface area contributed by atoms with Crippen LogP contribution in [0.1, 0.15) is 85.5 Å². The molecule has 2 heterocycles. The molecule has 0 amide bonds. The Hall–Kier alpha value is -1.75. The van der Waals surface area contributed by atoms with Crippen molar-refractivity contribution in [1.29, 1.82) is 0 Å². The van der Waals surface area contributed by atoms with Gasteiger partial charge in [0.15, 0.2) is 5.78 Å². The third kappa shape index (κ3) is 3.62. The molecule has 5 heteroatoms. The first kappa shape index (κ1) is 23.6. The van der Waals surface area contributed by atoms with E-state index in [1.807, 2.05) is 16.9 Å². The number of carbonyl (C=O) groups is 1. The van der Waals surface area contributed by atoms with Crippen molar-refractivity contribution in [3.8, 4) is 0 Å². The lowest BCUT2D eigenvalue weighted by Crippen LogP contribution is -2.55. The van der Waals surface area contributed by atoms with Gasteiger partial charge in [0, 0.05) is 23.7 Å². The number of nitrogens with zero attached hydrogens (tertiary/aromatic N) is 3. The Labute approximate surface area is 210 Å². The van der Waals surface area contributed by atoms with Crippen LogP contribution in [-0.4, -0.2) is 31.3 Å². The Morgan fingerprint density at radius 3 is 2.71 bits per heavy atom. The van der Waals surface area contributed by atoms with Gasteiger partial charge in [-0.3, -0.25) is 14.5 Å². The van der Waals surface area contributed by atoms with E-state index in [2.05, 4.69) is 37.8 Å². The minimum absolute atomic E-state index is 0.108. The van der Waals surface area contributed by atoms with Crippen LogP contribution >= 0.6 is 0 Å². The van der Waals surface area contributed by atoms with Gasteiger partial charge in [0.25, 0.3) is 0 Å². The Morgan fingerprint density at radius 1 is 1.11 bits per heavy atom. The number of hydrogen-bond donors (Lipinski definition) is 1. The number of rotatable bonds is 4. The topological polar surface area (TPSA) is 68.0 Å². The SMILES string of the molecule is CC[C@@H]1C[C@H]2[C@@H]3CC[C@H]4C[C@](C)(O)CC[C@]4(C)[C@H]3CC[C@]2(C)C1C(=O)Cn1cc2ccncc2n1. The highest BCUT2D eigenvalue weighted by Gasteiger charge is 2.63. The summed E-state index contributed by atoms with van der Waals surface area (Å²) in [5, 5.41) is 16.5. The summed E-state index contributed by atoms with van der Waals surface area (Å²) in [7, 11) is 0. The van der Waals surface area contributed by atoms with E-state index < -0.39 is 5.60 Å². The summed E-state index contributed by atoms with van der Waals surface area (Å²) in [6.07, 6.45) is 15.9. The molecule has 4 aliphatic rings. The number of aromatic nitrogens is 3. The molecule has 6 rings (SSSR count). The molecule has 2 aromatic rings. The van der Waals surface area contributed by atoms with E-state index in [1.165, 1.54) is 32.1 Å². The lowest BCUT2D eigenvalue weighted by Gasteiger charge is -2.61. The molecule has 190 valence electrons. The van der Waals surface area contributed by atoms with Crippen molar-refractivity contribution in [2.75, 3.05) is 0 Å². The van der Waals surface area contributed by atoms with Crippen LogP contribution in [0.15, 0.2) is 24.7 Å². The first-order valence-electron chi connectivity index (χ1n) is 14.2. The molecule has 0 bridgehead atoms. The normalized spacial score (nSPS) is 45.1. The number of pyridine rings is 1. The third-order valence-electron chi connectivity index (χ3n) is 11.7. The van der Waals surface area contributed by atoms with Gasteiger partial charge in [-0.1, -0.05) is 27.2 Å². The summed E-state index contributed by atoms with van der Waals surface area (Å²) in [6.45, 7) is 9.74. The summed E-state index contributed by atoms with van der Waals surface area (Å²) in [5.41, 5.74) is 0.849. The molecular formula is C30H43N3O2. The smallest absolute Gasteiger partial charge is 0.158 e. The molecule has 0 spiro atoms. The van der Waals surface area contributed by atoms with Crippen molar-refractivity contribution in [3.63, 3.8) is 0 Å². The van der Waals surface area contributed by atoms with Gasteiger partial charge >= 0.3 is 0 Å². The van der Waals surface area contributed by atoms with Crippen molar-refractivity contribution in [1.82, 2.24) is 14.8 Å². The molecule has 1 unspecified atom stereocenters. The van der Waals surface area contributed by atoms with Crippen LogP contribution in [-0.2, 0) is 11.3 Å². The van der Waals surface area contributed by atoms with Gasteiger partial charge in [0.1, 0.15) is 5.52 Å². The number of carbonyl (C=O) groups excluding carboxylic acids is 1. The largest absolute Gasteiger partial charge is 0.390 e. The zero-order chi connectivity index (χ0) is 24.6. The maximum absolute atomic E-state index is 13.9. The van der Waals surface area contributed by atoms with Crippen molar-refractivity contribution in [3.05, 3.63) is 24.7 Å². The Balaban J connectivity index is 1.26. The van der Waals surface area contributed by atoms with E-state index >= 15 is 0 Å². The average Bonchev–Trinajstić information content (AvgIpc) is 3.36. The number of aliphatic hydroxyl groups is 1. The number of hydrogen-bond acceptors (Lipinski definition) is 4. The van der Waals surface area contributed by atoms with Crippen LogP contribution in [0.2, 0.25) is 0 Å². The highest BCUT2D eigenvalue weighted by atomic mass is 16.3. The maximum atomic E-state index is 13.9. The highest BCUT2D eigenvalue weighted by Crippen LogP contribution is 2.69. The van der Waals surface area contributed by atoms with Crippen molar-refractivity contribution in [2.45, 2.75) is 97.6 Å². The predicted molar refractivity (Wildman–Crippen MR) is 138 cm³/mol. The lowest BCUT2D eigenvalue weighted by molar-refractivity contribution is -0.151. The minimum atomic E-state index is -0.480. The van der Waals surface area contributed by atoms with Crippen LogP contribution in [0, 0.1) is 46.3 Å². The second-order valence-corrected chi connectivity index (χ2v) is 13.5. The Bertz CT molecular complexity index is 1090. The predicted octanol–water partition coefficient (Wildman–Crippen LogP) is 6.05. The van der Waals surface area contributed by atoms with Gasteiger partial charge in [0.05, 0.1) is 18.3 Å². The second-order valence-electron chi connectivity index (χ2n) is 13.5. The molecule has 0 aliphatic heterocycles. The van der Waals surface area contributed by atoms with Crippen LogP contribution in [0.3, 0.4) is 0 Å². The molecule has 4 saturated carbocycles. The Kier molecular flexibility index (Phi) is 5.49. The summed E-state index contributed by atoms with van der Waals surface area (Å²) in [4.78, 5) is 18.1. The van der Waals surface area contributed by atoms with Gasteiger partial charge < -0.3 is 5.11 Å². The second kappa shape index (κ2) is 8.13. The quantitative estimate of drug-likeness (QED) is 0.582. The van der Waals surface area contributed by atoms with Gasteiger partial charge in [0.2, 0.25) is 0 Å². The number of fused-ring (bicyclic) bond motifs is 6. The summed E-state index contributed by atoms with van der Waals surface area (Å²) in [6, 6.07) is 1.97. The molecule has 35 heavy (non-hydrogen) atoms. The molecule has 0 radical (unpaired) electrons. The molecule has 0 saturated heterocycles. The standard InChI is InChI=1S/C30H43N3O2/c1-5-19-14-24-22-7-6-21-15-28(2,35)11-12-29(21,3)23(22)8-10-30(24,4)27(19)26(34)18-33-17-20-9-13-31-16-25(20)32-33/h9,13,16-17,19,21-24,27,35H,5-8,10-12,14-15,18H2,1-4H3/t19-,21+,22-,23+,24+,27?,28-,29+,30+/m1/s1. The van der Waals surface area contributed by atoms with Gasteiger partial charge in [-0.25, -0.2) is 0 Å². The third-order valence-corrected chi connectivity index (χ3v) is 11.7. The van der Waals surface area contributed by atoms with Crippen molar-refractivity contribution in [2.24, 2.45) is 46.3 Å². The van der Waals surface area contributed by atoms with E-state index in [4.69, 9.17) is 0 Å². The minimum Gasteiger partial charge on any atom is -0.390 e. The fraction of sp³-hybridized carbons (Fsp3) is 0.767. The molecule has 1 N–H and O–H groups in total. The van der Waals surface area contributed by atoms with Gasteiger partial charge in [-0.05, 0) is 105 Å². The maximum Gasteiger partial charge on any atom is 0.158 e. The fourth-order valence-electron chi connectivity index (χ4n) is 9.90. The van der Waals surface area contributed by atoms with Crippen LogP contribution < -0.4 is 0 Å². The van der Waals surface area contributed by atoms with Crippen LogP contribution in [0.25, 0.3) is 10.9 Å². The molecular weight excluding hydrogens is 434 g/mol. The molecule has 4 fully saturated rings. The molecule has 9 atom stereocenters. The highest BCUT2D eigenvalue weighted by molar-refractivity contribution is 5.83. The van der Waals surface area contributed by atoms with Crippen LogP contribution in [0.5, 0.6) is 0 Å². The van der Waals surface area contributed by atoms with E-state index in [1.54, 1.807) is 12.4 Å². The molecule has 5 nitrogen and oxygen atoms in total. The Morgan fingerprint density at radius 2 is 1.94 bits per heavy atom. The molecule has 0 aromatic carbocycles. The average molecular weight is 478 g/mol. The van der Waals surface area contributed by atoms with Crippen molar-refractivity contribution < 1.29 is 9.90 Å². The van der Waals surface area contributed by atoms with E-state index in [9.17, 15) is 9.90 Å². The summed E-state index contributed by atoms with van der Waals surface area (Å²) in [5.74, 6) is 3.81.